The molecular weight excluding hydrogens is 247 g/mol. The quantitative estimate of drug-likeness (QED) is 0.898. The van der Waals surface area contributed by atoms with Crippen molar-refractivity contribution in [3.63, 3.8) is 0 Å². The van der Waals surface area contributed by atoms with Gasteiger partial charge in [-0.25, -0.2) is 9.67 Å². The number of aromatic nitrogens is 3. The third kappa shape index (κ3) is 2.35. The minimum atomic E-state index is -4.45. The summed E-state index contributed by atoms with van der Waals surface area (Å²) >= 11 is 0. The first-order chi connectivity index (χ1) is 8.39. The fraction of sp³-hybridized carbons (Fsp3) is 0.273. The van der Waals surface area contributed by atoms with Crippen molar-refractivity contribution in [2.24, 2.45) is 0 Å². The molecule has 0 spiro atoms. The van der Waals surface area contributed by atoms with Crippen LogP contribution in [0.1, 0.15) is 24.2 Å². The van der Waals surface area contributed by atoms with E-state index in [-0.39, 0.29) is 5.82 Å². The van der Waals surface area contributed by atoms with Gasteiger partial charge in [0.05, 0.1) is 17.9 Å². The normalized spacial score (nSPS) is 13.6. The van der Waals surface area contributed by atoms with E-state index in [2.05, 4.69) is 10.1 Å². The number of hydrogen-bond acceptors (Lipinski definition) is 3. The van der Waals surface area contributed by atoms with E-state index < -0.39 is 17.8 Å². The van der Waals surface area contributed by atoms with Crippen LogP contribution in [0.25, 0.3) is 5.82 Å². The molecule has 0 saturated heterocycles. The highest BCUT2D eigenvalue weighted by atomic mass is 19.4. The molecule has 2 aromatic heterocycles. The van der Waals surface area contributed by atoms with Crippen LogP contribution in [0.5, 0.6) is 0 Å². The van der Waals surface area contributed by atoms with E-state index >= 15 is 0 Å². The average molecular weight is 257 g/mol. The van der Waals surface area contributed by atoms with Crippen LogP contribution in [0.3, 0.4) is 0 Å². The smallest absolute Gasteiger partial charge is 0.389 e. The molecule has 0 bridgehead atoms. The Kier molecular flexibility index (Phi) is 3.08. The van der Waals surface area contributed by atoms with Crippen molar-refractivity contribution in [1.82, 2.24) is 14.8 Å². The van der Waals surface area contributed by atoms with Gasteiger partial charge in [-0.15, -0.1) is 0 Å². The summed E-state index contributed by atoms with van der Waals surface area (Å²) in [6.45, 7) is 1.51. The standard InChI is InChI=1S/C11H10F3N3O/c1-7(18)9-3-2-4-15-10(9)17-6-8(5-16-17)11(12,13)14/h2-7,18H,1H3/t7-/m1/s1. The fourth-order valence-electron chi connectivity index (χ4n) is 1.51. The Hall–Kier alpha value is -1.89. The van der Waals surface area contributed by atoms with Crippen LogP contribution < -0.4 is 0 Å². The molecule has 0 aliphatic rings. The molecule has 18 heavy (non-hydrogen) atoms. The third-order valence-electron chi connectivity index (χ3n) is 2.39. The highest BCUT2D eigenvalue weighted by Crippen LogP contribution is 2.29. The molecule has 0 amide bonds. The van der Waals surface area contributed by atoms with Gasteiger partial charge in [0, 0.05) is 18.0 Å². The van der Waals surface area contributed by atoms with Crippen LogP contribution in [-0.4, -0.2) is 19.9 Å². The molecule has 2 rings (SSSR count). The molecule has 0 fully saturated rings. The number of nitrogens with zero attached hydrogens (tertiary/aromatic N) is 3. The number of pyridine rings is 1. The van der Waals surface area contributed by atoms with Crippen LogP contribution >= 0.6 is 0 Å². The van der Waals surface area contributed by atoms with Gasteiger partial charge in [-0.05, 0) is 13.0 Å². The zero-order valence-corrected chi connectivity index (χ0v) is 9.39. The number of hydrogen-bond donors (Lipinski definition) is 1. The topological polar surface area (TPSA) is 50.9 Å². The monoisotopic (exact) mass is 257 g/mol. The second-order valence-corrected chi connectivity index (χ2v) is 3.76. The second kappa shape index (κ2) is 4.41. The first-order valence-electron chi connectivity index (χ1n) is 5.15. The van der Waals surface area contributed by atoms with Gasteiger partial charge in [0.15, 0.2) is 5.82 Å². The van der Waals surface area contributed by atoms with Crippen LogP contribution in [0.4, 0.5) is 13.2 Å². The van der Waals surface area contributed by atoms with E-state index in [1.165, 1.54) is 13.1 Å². The molecule has 0 aliphatic carbocycles. The van der Waals surface area contributed by atoms with Crippen LogP contribution in [0, 0.1) is 0 Å². The van der Waals surface area contributed by atoms with Gasteiger partial charge in [0.2, 0.25) is 0 Å². The minimum absolute atomic E-state index is 0.183. The third-order valence-corrected chi connectivity index (χ3v) is 2.39. The van der Waals surface area contributed by atoms with E-state index in [9.17, 15) is 18.3 Å². The SMILES string of the molecule is C[C@@H](O)c1cccnc1-n1cc(C(F)(F)F)cn1. The lowest BCUT2D eigenvalue weighted by Gasteiger charge is -2.10. The van der Waals surface area contributed by atoms with Gasteiger partial charge in [-0.1, -0.05) is 6.07 Å². The molecule has 0 radical (unpaired) electrons. The largest absolute Gasteiger partial charge is 0.419 e. The maximum Gasteiger partial charge on any atom is 0.419 e. The van der Waals surface area contributed by atoms with Crippen molar-refractivity contribution in [2.45, 2.75) is 19.2 Å². The van der Waals surface area contributed by atoms with Gasteiger partial charge < -0.3 is 5.11 Å². The molecule has 1 atom stereocenters. The molecule has 0 saturated carbocycles. The number of halogens is 3. The molecule has 0 aromatic carbocycles. The molecule has 4 nitrogen and oxygen atoms in total. The van der Waals surface area contributed by atoms with E-state index in [1.54, 1.807) is 12.1 Å². The van der Waals surface area contributed by atoms with Gasteiger partial charge in [-0.2, -0.15) is 18.3 Å². The van der Waals surface area contributed by atoms with Crippen molar-refractivity contribution in [3.05, 3.63) is 41.9 Å². The molecule has 1 N–H and O–H groups in total. The first-order valence-corrected chi connectivity index (χ1v) is 5.15. The number of rotatable bonds is 2. The summed E-state index contributed by atoms with van der Waals surface area (Å²) in [6.07, 6.45) is -2.30. The maximum atomic E-state index is 12.5. The molecular formula is C11H10F3N3O. The van der Waals surface area contributed by atoms with Crippen LogP contribution in [-0.2, 0) is 6.18 Å². The van der Waals surface area contributed by atoms with Crippen LogP contribution in [0.2, 0.25) is 0 Å². The maximum absolute atomic E-state index is 12.5. The summed E-state index contributed by atoms with van der Waals surface area (Å²) < 4.78 is 38.4. The van der Waals surface area contributed by atoms with E-state index in [1.807, 2.05) is 0 Å². The van der Waals surface area contributed by atoms with Crippen molar-refractivity contribution in [2.75, 3.05) is 0 Å². The number of alkyl halides is 3. The van der Waals surface area contributed by atoms with E-state index in [4.69, 9.17) is 0 Å². The van der Waals surface area contributed by atoms with E-state index in [0.29, 0.717) is 5.56 Å². The number of aliphatic hydroxyl groups is 1. The highest BCUT2D eigenvalue weighted by molar-refractivity contribution is 5.35. The fourth-order valence-corrected chi connectivity index (χ4v) is 1.51. The summed E-state index contributed by atoms with van der Waals surface area (Å²) in [5.41, 5.74) is -0.445. The van der Waals surface area contributed by atoms with Gasteiger partial charge in [0.25, 0.3) is 0 Å². The predicted octanol–water partition coefficient (Wildman–Crippen LogP) is 2.34. The Morgan fingerprint density at radius 2 is 2.11 bits per heavy atom. The minimum Gasteiger partial charge on any atom is -0.389 e. The number of aliphatic hydroxyl groups excluding tert-OH is 1. The molecule has 0 aliphatic heterocycles. The zero-order chi connectivity index (χ0) is 13.3. The summed E-state index contributed by atoms with van der Waals surface area (Å²) in [5, 5.41) is 13.1. The van der Waals surface area contributed by atoms with Crippen molar-refractivity contribution >= 4 is 0 Å². The average Bonchev–Trinajstić information content (AvgIpc) is 2.77. The summed E-state index contributed by atoms with van der Waals surface area (Å²) in [5.74, 6) is 0.183. The Morgan fingerprint density at radius 1 is 1.39 bits per heavy atom. The first kappa shape index (κ1) is 12.6. The lowest BCUT2D eigenvalue weighted by Crippen LogP contribution is -2.06. The second-order valence-electron chi connectivity index (χ2n) is 3.76. The summed E-state index contributed by atoms with van der Waals surface area (Å²) in [7, 11) is 0. The molecule has 7 heteroatoms. The lowest BCUT2D eigenvalue weighted by molar-refractivity contribution is -0.137. The van der Waals surface area contributed by atoms with Crippen molar-refractivity contribution in [3.8, 4) is 5.82 Å². The van der Waals surface area contributed by atoms with Crippen LogP contribution in [0.15, 0.2) is 30.7 Å². The summed E-state index contributed by atoms with van der Waals surface area (Å²) in [6, 6.07) is 3.18. The molecule has 2 heterocycles. The van der Waals surface area contributed by atoms with E-state index in [0.717, 1.165) is 17.1 Å². The van der Waals surface area contributed by atoms with Gasteiger partial charge in [0.1, 0.15) is 0 Å². The zero-order valence-electron chi connectivity index (χ0n) is 9.39. The Bertz CT molecular complexity index is 548. The Balaban J connectivity index is 2.47. The van der Waals surface area contributed by atoms with Crippen molar-refractivity contribution < 1.29 is 18.3 Å². The molecule has 0 unspecified atom stereocenters. The summed E-state index contributed by atoms with van der Waals surface area (Å²) in [4.78, 5) is 3.94. The Labute approximate surface area is 101 Å². The predicted molar refractivity (Wildman–Crippen MR) is 57.0 cm³/mol. The molecule has 2 aromatic rings. The Morgan fingerprint density at radius 3 is 2.67 bits per heavy atom. The van der Waals surface area contributed by atoms with Gasteiger partial charge >= 0.3 is 6.18 Å². The lowest BCUT2D eigenvalue weighted by atomic mass is 10.1. The van der Waals surface area contributed by atoms with Gasteiger partial charge in [-0.3, -0.25) is 0 Å². The molecule has 96 valence electrons. The highest BCUT2D eigenvalue weighted by Gasteiger charge is 2.32. The van der Waals surface area contributed by atoms with Crippen molar-refractivity contribution in [1.29, 1.82) is 0 Å².